The zero-order valence-electron chi connectivity index (χ0n) is 14.1. The van der Waals surface area contributed by atoms with Crippen molar-refractivity contribution in [2.24, 2.45) is 4.99 Å². The van der Waals surface area contributed by atoms with Gasteiger partial charge >= 0.3 is 5.97 Å². The largest absolute Gasteiger partial charge is 0.496 e. The van der Waals surface area contributed by atoms with E-state index in [9.17, 15) is 14.9 Å². The normalized spacial score (nSPS) is 18.6. The second kappa shape index (κ2) is 7.22. The molecule has 0 aromatic heterocycles. The molecule has 0 fully saturated rings. The Morgan fingerprint density at radius 3 is 2.65 bits per heavy atom. The Kier molecular flexibility index (Phi) is 4.83. The Hall–Kier alpha value is -3.42. The van der Waals surface area contributed by atoms with Gasteiger partial charge in [-0.3, -0.25) is 10.1 Å². The van der Waals surface area contributed by atoms with Gasteiger partial charge in [-0.05, 0) is 12.1 Å². The lowest BCUT2D eigenvalue weighted by Gasteiger charge is -2.16. The third-order valence-corrected chi connectivity index (χ3v) is 3.97. The predicted molar refractivity (Wildman–Crippen MR) is 92.3 cm³/mol. The number of carbonyl (C=O) groups excluding carboxylic acids is 1. The van der Waals surface area contributed by atoms with Gasteiger partial charge in [-0.25, -0.2) is 9.79 Å². The molecule has 0 saturated carbocycles. The number of hydrogen-bond acceptors (Lipinski definition) is 7. The van der Waals surface area contributed by atoms with Crippen molar-refractivity contribution in [2.45, 2.75) is 12.1 Å². The summed E-state index contributed by atoms with van der Waals surface area (Å²) in [5.41, 5.74) is 0.945. The topological polar surface area (TPSA) is 100 Å². The van der Waals surface area contributed by atoms with Crippen LogP contribution in [0.3, 0.4) is 0 Å². The Balaban J connectivity index is 2.01. The Morgan fingerprint density at radius 1 is 1.19 bits per heavy atom. The molecule has 0 radical (unpaired) electrons. The molecule has 0 N–H and O–H groups in total. The second-order valence-corrected chi connectivity index (χ2v) is 5.49. The quantitative estimate of drug-likeness (QED) is 0.464. The minimum atomic E-state index is -0.970. The van der Waals surface area contributed by atoms with Crippen LogP contribution >= 0.6 is 0 Å². The van der Waals surface area contributed by atoms with E-state index in [1.54, 1.807) is 30.3 Å². The number of nitro benzene ring substituents is 1. The fraction of sp³-hybridized carbons (Fsp3) is 0.222. The first-order valence-corrected chi connectivity index (χ1v) is 7.75. The summed E-state index contributed by atoms with van der Waals surface area (Å²) in [5, 5.41) is 11.0. The van der Waals surface area contributed by atoms with Crippen molar-refractivity contribution in [3.8, 4) is 5.75 Å². The van der Waals surface area contributed by atoms with Gasteiger partial charge in [-0.1, -0.05) is 24.3 Å². The third-order valence-electron chi connectivity index (χ3n) is 3.97. The molecule has 2 atom stereocenters. The first-order valence-electron chi connectivity index (χ1n) is 7.75. The summed E-state index contributed by atoms with van der Waals surface area (Å²) in [5.74, 6) is 0.162. The average Bonchev–Trinajstić information content (AvgIpc) is 3.12. The van der Waals surface area contributed by atoms with Crippen LogP contribution in [0.4, 0.5) is 5.69 Å². The number of hydrogen-bond donors (Lipinski definition) is 0. The first-order chi connectivity index (χ1) is 12.5. The number of aliphatic imine (C=N–C) groups is 1. The number of carbonyl (C=O) groups is 1. The van der Waals surface area contributed by atoms with E-state index in [1.807, 2.05) is 0 Å². The third kappa shape index (κ3) is 3.21. The van der Waals surface area contributed by atoms with E-state index in [2.05, 4.69) is 4.99 Å². The van der Waals surface area contributed by atoms with Gasteiger partial charge in [-0.15, -0.1) is 0 Å². The highest BCUT2D eigenvalue weighted by molar-refractivity contribution is 6.00. The zero-order valence-corrected chi connectivity index (χ0v) is 14.1. The number of esters is 1. The number of benzene rings is 2. The van der Waals surface area contributed by atoms with Crippen LogP contribution in [0.2, 0.25) is 0 Å². The summed E-state index contributed by atoms with van der Waals surface area (Å²) in [4.78, 5) is 27.0. The molecule has 3 rings (SSSR count). The predicted octanol–water partition coefficient (Wildman–Crippen LogP) is 2.66. The highest BCUT2D eigenvalue weighted by Crippen LogP contribution is 2.35. The number of non-ortho nitro benzene ring substituents is 1. The number of nitrogens with zero attached hydrogens (tertiary/aromatic N) is 2. The standard InChI is InChI=1S/C18H16N2O6/c1-24-14-9-4-3-8-13(14)17-19-15(18(21)25-2)16(26-17)11-6-5-7-12(10-11)20(22)23/h3-10,15-16H,1-2H3/t15-,16+/m1/s1. The summed E-state index contributed by atoms with van der Waals surface area (Å²) in [6.45, 7) is 0. The van der Waals surface area contributed by atoms with Crippen LogP contribution in [-0.4, -0.2) is 37.1 Å². The van der Waals surface area contributed by atoms with E-state index < -0.39 is 23.0 Å². The molecule has 0 saturated heterocycles. The highest BCUT2D eigenvalue weighted by atomic mass is 16.6. The molecule has 26 heavy (non-hydrogen) atoms. The summed E-state index contributed by atoms with van der Waals surface area (Å²) in [7, 11) is 2.77. The Bertz CT molecular complexity index is 879. The molecular weight excluding hydrogens is 340 g/mol. The minimum Gasteiger partial charge on any atom is -0.496 e. The number of para-hydroxylation sites is 1. The number of methoxy groups -OCH3 is 2. The summed E-state index contributed by atoms with van der Waals surface area (Å²) in [6.07, 6.45) is -0.831. The van der Waals surface area contributed by atoms with Gasteiger partial charge in [0.1, 0.15) is 5.75 Å². The smallest absolute Gasteiger partial charge is 0.335 e. The summed E-state index contributed by atoms with van der Waals surface area (Å²) < 4.78 is 16.0. The van der Waals surface area contributed by atoms with E-state index in [0.717, 1.165) is 0 Å². The highest BCUT2D eigenvalue weighted by Gasteiger charge is 2.40. The fourth-order valence-corrected chi connectivity index (χ4v) is 2.73. The zero-order chi connectivity index (χ0) is 18.7. The van der Waals surface area contributed by atoms with Crippen molar-refractivity contribution in [1.82, 2.24) is 0 Å². The van der Waals surface area contributed by atoms with Crippen molar-refractivity contribution in [2.75, 3.05) is 14.2 Å². The molecule has 2 aromatic carbocycles. The van der Waals surface area contributed by atoms with Gasteiger partial charge in [0.15, 0.2) is 12.1 Å². The lowest BCUT2D eigenvalue weighted by molar-refractivity contribution is -0.385. The van der Waals surface area contributed by atoms with E-state index >= 15 is 0 Å². The molecule has 1 aliphatic rings. The number of nitro groups is 1. The van der Waals surface area contributed by atoms with Crippen molar-refractivity contribution in [1.29, 1.82) is 0 Å². The molecular formula is C18H16N2O6. The van der Waals surface area contributed by atoms with Gasteiger partial charge in [-0.2, -0.15) is 0 Å². The van der Waals surface area contributed by atoms with Crippen LogP contribution in [0.5, 0.6) is 5.75 Å². The van der Waals surface area contributed by atoms with Gasteiger partial charge in [0.05, 0.1) is 24.7 Å². The van der Waals surface area contributed by atoms with Crippen LogP contribution in [0.25, 0.3) is 0 Å². The van der Waals surface area contributed by atoms with Crippen LogP contribution in [0.1, 0.15) is 17.2 Å². The van der Waals surface area contributed by atoms with Crippen molar-refractivity contribution in [3.05, 3.63) is 69.8 Å². The molecule has 1 aliphatic heterocycles. The van der Waals surface area contributed by atoms with Crippen molar-refractivity contribution in [3.63, 3.8) is 0 Å². The van der Waals surface area contributed by atoms with E-state index in [1.165, 1.54) is 32.4 Å². The molecule has 1 heterocycles. The van der Waals surface area contributed by atoms with Crippen LogP contribution in [-0.2, 0) is 14.3 Å². The minimum absolute atomic E-state index is 0.0968. The van der Waals surface area contributed by atoms with Gasteiger partial charge < -0.3 is 14.2 Å². The summed E-state index contributed by atoms with van der Waals surface area (Å²) >= 11 is 0. The molecule has 0 bridgehead atoms. The molecule has 0 aliphatic carbocycles. The van der Waals surface area contributed by atoms with Gasteiger partial charge in [0.25, 0.3) is 5.69 Å². The second-order valence-electron chi connectivity index (χ2n) is 5.49. The first kappa shape index (κ1) is 17.4. The van der Waals surface area contributed by atoms with E-state index in [0.29, 0.717) is 16.9 Å². The van der Waals surface area contributed by atoms with Crippen LogP contribution in [0.15, 0.2) is 53.5 Å². The molecule has 134 valence electrons. The van der Waals surface area contributed by atoms with Gasteiger partial charge in [0.2, 0.25) is 5.90 Å². The lowest BCUT2D eigenvalue weighted by atomic mass is 10.0. The van der Waals surface area contributed by atoms with E-state index in [-0.39, 0.29) is 11.6 Å². The van der Waals surface area contributed by atoms with Gasteiger partial charge in [0, 0.05) is 17.7 Å². The average molecular weight is 356 g/mol. The maximum atomic E-state index is 12.2. The van der Waals surface area contributed by atoms with Crippen molar-refractivity contribution >= 4 is 17.6 Å². The van der Waals surface area contributed by atoms with Crippen molar-refractivity contribution < 1.29 is 23.9 Å². The number of rotatable bonds is 5. The summed E-state index contributed by atoms with van der Waals surface area (Å²) in [6, 6.07) is 12.0. The monoisotopic (exact) mass is 356 g/mol. The maximum absolute atomic E-state index is 12.2. The number of ether oxygens (including phenoxy) is 3. The molecule has 0 amide bonds. The molecule has 0 unspecified atom stereocenters. The Morgan fingerprint density at radius 2 is 1.96 bits per heavy atom. The molecule has 8 nitrogen and oxygen atoms in total. The SMILES string of the molecule is COC(=O)[C@@H]1N=C(c2ccccc2OC)O[C@H]1c1cccc([N+](=O)[O-])c1. The molecule has 0 spiro atoms. The maximum Gasteiger partial charge on any atom is 0.335 e. The van der Waals surface area contributed by atoms with E-state index in [4.69, 9.17) is 14.2 Å². The Labute approximate surface area is 149 Å². The molecule has 2 aromatic rings. The fourth-order valence-electron chi connectivity index (χ4n) is 2.73. The molecule has 8 heteroatoms. The van der Waals surface area contributed by atoms with Crippen LogP contribution in [0, 0.1) is 10.1 Å². The van der Waals surface area contributed by atoms with Crippen LogP contribution < -0.4 is 4.74 Å². The lowest BCUT2D eigenvalue weighted by Crippen LogP contribution is -2.25.